The first kappa shape index (κ1) is 12.8. The lowest BCUT2D eigenvalue weighted by Gasteiger charge is -2.00. The van der Waals surface area contributed by atoms with Gasteiger partial charge in [-0.2, -0.15) is 0 Å². The lowest BCUT2D eigenvalue weighted by molar-refractivity contribution is -0.154. The van der Waals surface area contributed by atoms with Gasteiger partial charge in [0.25, 0.3) is 0 Å². The number of ether oxygens (including phenoxy) is 2. The van der Waals surface area contributed by atoms with Crippen molar-refractivity contribution in [1.82, 2.24) is 0 Å². The first-order chi connectivity index (χ1) is 6.61. The highest BCUT2D eigenvalue weighted by molar-refractivity contribution is 6.37. The van der Waals surface area contributed by atoms with E-state index in [-0.39, 0.29) is 13.2 Å². The Labute approximate surface area is 82.4 Å². The van der Waals surface area contributed by atoms with Gasteiger partial charge < -0.3 is 9.47 Å². The maximum atomic E-state index is 11.0. The van der Waals surface area contributed by atoms with Gasteiger partial charge in [0, 0.05) is 6.61 Å². The van der Waals surface area contributed by atoms with Crippen molar-refractivity contribution < 1.29 is 23.9 Å². The number of carbonyl (C=O) groups is 3. The monoisotopic (exact) mass is 202 g/mol. The van der Waals surface area contributed by atoms with E-state index < -0.39 is 24.0 Å². The van der Waals surface area contributed by atoms with E-state index in [0.29, 0.717) is 6.61 Å². The van der Waals surface area contributed by atoms with Gasteiger partial charge in [0.05, 0.1) is 13.0 Å². The zero-order valence-corrected chi connectivity index (χ0v) is 8.37. The van der Waals surface area contributed by atoms with Crippen LogP contribution in [-0.4, -0.2) is 37.4 Å². The number of Topliss-reactive ketones (excluding diaryl/α,β-unsaturated/α-hetero) is 2. The van der Waals surface area contributed by atoms with Crippen molar-refractivity contribution in [3.63, 3.8) is 0 Å². The molecule has 0 amide bonds. The molecule has 0 aromatic rings. The maximum Gasteiger partial charge on any atom is 0.375 e. The van der Waals surface area contributed by atoms with Crippen molar-refractivity contribution >= 4 is 17.5 Å². The Morgan fingerprint density at radius 2 is 1.71 bits per heavy atom. The smallest absolute Gasteiger partial charge is 0.375 e. The Balaban J connectivity index is 3.81. The molecule has 0 spiro atoms. The van der Waals surface area contributed by atoms with Crippen LogP contribution < -0.4 is 0 Å². The van der Waals surface area contributed by atoms with Gasteiger partial charge in [-0.1, -0.05) is 0 Å². The van der Waals surface area contributed by atoms with Crippen molar-refractivity contribution in [3.05, 3.63) is 0 Å². The minimum absolute atomic E-state index is 0.129. The first-order valence-corrected chi connectivity index (χ1v) is 4.41. The second-order valence-electron chi connectivity index (χ2n) is 2.50. The maximum absolute atomic E-state index is 11.0. The van der Waals surface area contributed by atoms with Crippen LogP contribution in [0.3, 0.4) is 0 Å². The summed E-state index contributed by atoms with van der Waals surface area (Å²) in [5.74, 6) is -2.20. The highest BCUT2D eigenvalue weighted by atomic mass is 16.5. The van der Waals surface area contributed by atoms with Gasteiger partial charge in [-0.25, -0.2) is 4.79 Å². The van der Waals surface area contributed by atoms with Crippen LogP contribution >= 0.6 is 0 Å². The van der Waals surface area contributed by atoms with Crippen LogP contribution in [0.25, 0.3) is 0 Å². The van der Waals surface area contributed by atoms with Crippen LogP contribution in [0.2, 0.25) is 0 Å². The van der Waals surface area contributed by atoms with Crippen molar-refractivity contribution in [2.24, 2.45) is 0 Å². The predicted molar refractivity (Wildman–Crippen MR) is 47.8 cm³/mol. The molecule has 0 unspecified atom stereocenters. The number of esters is 1. The average Bonchev–Trinajstić information content (AvgIpc) is 2.15. The lowest BCUT2D eigenvalue weighted by Crippen LogP contribution is -2.22. The molecular formula is C9H14O5. The summed E-state index contributed by atoms with van der Waals surface area (Å²) in [7, 11) is 0. The summed E-state index contributed by atoms with van der Waals surface area (Å²) in [6.45, 7) is 3.72. The average molecular weight is 202 g/mol. The topological polar surface area (TPSA) is 69.7 Å². The van der Waals surface area contributed by atoms with Crippen LogP contribution in [0, 0.1) is 0 Å². The summed E-state index contributed by atoms with van der Waals surface area (Å²) < 4.78 is 9.21. The third kappa shape index (κ3) is 5.42. The van der Waals surface area contributed by atoms with Crippen LogP contribution in [0.1, 0.15) is 20.3 Å². The normalized spacial score (nSPS) is 9.57. The molecule has 0 atom stereocenters. The van der Waals surface area contributed by atoms with E-state index in [1.165, 1.54) is 0 Å². The Hall–Kier alpha value is -1.23. The molecule has 0 aromatic carbocycles. The largest absolute Gasteiger partial charge is 0.460 e. The van der Waals surface area contributed by atoms with E-state index in [9.17, 15) is 14.4 Å². The standard InChI is InChI=1S/C9H14O5/c1-3-13-6-7(10)5-8(11)9(12)14-4-2/h3-6H2,1-2H3. The number of ketones is 2. The van der Waals surface area contributed by atoms with Gasteiger partial charge in [0.15, 0.2) is 5.78 Å². The molecule has 5 heteroatoms. The molecule has 0 aliphatic carbocycles. The van der Waals surface area contributed by atoms with Crippen LogP contribution in [0.4, 0.5) is 0 Å². The Morgan fingerprint density at radius 1 is 1.07 bits per heavy atom. The van der Waals surface area contributed by atoms with Gasteiger partial charge in [-0.05, 0) is 13.8 Å². The minimum Gasteiger partial charge on any atom is -0.460 e. The summed E-state index contributed by atoms with van der Waals surface area (Å²) in [4.78, 5) is 32.7. The zero-order chi connectivity index (χ0) is 11.0. The molecule has 80 valence electrons. The Kier molecular flexibility index (Phi) is 6.57. The number of hydrogen-bond donors (Lipinski definition) is 0. The third-order valence-electron chi connectivity index (χ3n) is 1.33. The molecule has 0 aliphatic rings. The fraction of sp³-hybridized carbons (Fsp3) is 0.667. The van der Waals surface area contributed by atoms with Gasteiger partial charge in [-0.15, -0.1) is 0 Å². The zero-order valence-electron chi connectivity index (χ0n) is 8.37. The molecule has 0 radical (unpaired) electrons. The van der Waals surface area contributed by atoms with Crippen molar-refractivity contribution in [2.45, 2.75) is 20.3 Å². The van der Waals surface area contributed by atoms with E-state index in [1.807, 2.05) is 0 Å². The van der Waals surface area contributed by atoms with Gasteiger partial charge in [-0.3, -0.25) is 9.59 Å². The highest BCUT2D eigenvalue weighted by Crippen LogP contribution is 1.91. The van der Waals surface area contributed by atoms with E-state index in [0.717, 1.165) is 0 Å². The molecule has 0 N–H and O–H groups in total. The highest BCUT2D eigenvalue weighted by Gasteiger charge is 2.18. The Bertz CT molecular complexity index is 221. The molecule has 0 saturated heterocycles. The lowest BCUT2D eigenvalue weighted by atomic mass is 10.2. The van der Waals surface area contributed by atoms with E-state index >= 15 is 0 Å². The fourth-order valence-electron chi connectivity index (χ4n) is 0.730. The fourth-order valence-corrected chi connectivity index (χ4v) is 0.730. The van der Waals surface area contributed by atoms with Crippen molar-refractivity contribution in [2.75, 3.05) is 19.8 Å². The number of hydrogen-bond acceptors (Lipinski definition) is 5. The predicted octanol–water partition coefficient (Wildman–Crippen LogP) is 0.114. The molecule has 0 aliphatic heterocycles. The van der Waals surface area contributed by atoms with E-state index in [1.54, 1.807) is 13.8 Å². The molecule has 14 heavy (non-hydrogen) atoms. The van der Waals surface area contributed by atoms with Crippen LogP contribution in [0.15, 0.2) is 0 Å². The quantitative estimate of drug-likeness (QED) is 0.333. The number of carbonyl (C=O) groups excluding carboxylic acids is 3. The van der Waals surface area contributed by atoms with Crippen molar-refractivity contribution in [1.29, 1.82) is 0 Å². The summed E-state index contributed by atoms with van der Waals surface area (Å²) in [6, 6.07) is 0. The summed E-state index contributed by atoms with van der Waals surface area (Å²) >= 11 is 0. The van der Waals surface area contributed by atoms with Gasteiger partial charge in [0.2, 0.25) is 5.78 Å². The van der Waals surface area contributed by atoms with Crippen LogP contribution in [0.5, 0.6) is 0 Å². The van der Waals surface area contributed by atoms with Crippen LogP contribution in [-0.2, 0) is 23.9 Å². The SMILES string of the molecule is CCOCC(=O)CC(=O)C(=O)OCC. The number of rotatable bonds is 7. The molecule has 0 fully saturated rings. The van der Waals surface area contributed by atoms with E-state index in [4.69, 9.17) is 4.74 Å². The summed E-state index contributed by atoms with van der Waals surface area (Å²) in [5.41, 5.74) is 0. The molecule has 0 rings (SSSR count). The second kappa shape index (κ2) is 7.20. The van der Waals surface area contributed by atoms with Gasteiger partial charge in [0.1, 0.15) is 6.61 Å². The molecule has 0 bridgehead atoms. The molecule has 0 saturated carbocycles. The molecule has 0 heterocycles. The summed E-state index contributed by atoms with van der Waals surface area (Å²) in [5, 5.41) is 0. The second-order valence-corrected chi connectivity index (χ2v) is 2.50. The van der Waals surface area contributed by atoms with Crippen molar-refractivity contribution in [3.8, 4) is 0 Å². The Morgan fingerprint density at radius 3 is 2.21 bits per heavy atom. The van der Waals surface area contributed by atoms with Gasteiger partial charge >= 0.3 is 5.97 Å². The third-order valence-corrected chi connectivity index (χ3v) is 1.33. The molecule has 5 nitrogen and oxygen atoms in total. The molecular weight excluding hydrogens is 188 g/mol. The van der Waals surface area contributed by atoms with E-state index in [2.05, 4.69) is 4.74 Å². The first-order valence-electron chi connectivity index (χ1n) is 4.41. The summed E-state index contributed by atoms with van der Waals surface area (Å²) in [6.07, 6.45) is -0.446. The minimum atomic E-state index is -0.961. The molecule has 0 aromatic heterocycles.